The summed E-state index contributed by atoms with van der Waals surface area (Å²) in [4.78, 5) is 14.4. The van der Waals surface area contributed by atoms with Gasteiger partial charge in [-0.2, -0.15) is 0 Å². The van der Waals surface area contributed by atoms with E-state index in [0.29, 0.717) is 12.1 Å². The van der Waals surface area contributed by atoms with Crippen molar-refractivity contribution in [3.8, 4) is 0 Å². The van der Waals surface area contributed by atoms with Crippen molar-refractivity contribution in [1.82, 2.24) is 4.90 Å². The van der Waals surface area contributed by atoms with Crippen LogP contribution in [0.2, 0.25) is 0 Å². The standard InChI is InChI=1S/C13H16N2O/c1-9-12-7-4-8-15(12)13(16)10-5-2-3-6-11(10)14-9/h2-3,5-6,9,12,14H,4,7-8H2,1H3. The molecule has 3 rings (SSSR count). The van der Waals surface area contributed by atoms with Crippen LogP contribution in [-0.4, -0.2) is 29.4 Å². The first-order valence-electron chi connectivity index (χ1n) is 5.94. The highest BCUT2D eigenvalue weighted by Gasteiger charge is 2.36. The first kappa shape index (κ1) is 9.70. The fourth-order valence-corrected chi connectivity index (χ4v) is 2.86. The van der Waals surface area contributed by atoms with Gasteiger partial charge in [0.05, 0.1) is 11.6 Å². The highest BCUT2D eigenvalue weighted by molar-refractivity contribution is 6.00. The lowest BCUT2D eigenvalue weighted by atomic mass is 10.1. The Morgan fingerprint density at radius 2 is 2.19 bits per heavy atom. The fourth-order valence-electron chi connectivity index (χ4n) is 2.86. The summed E-state index contributed by atoms with van der Waals surface area (Å²) in [6.45, 7) is 3.07. The number of fused-ring (bicyclic) bond motifs is 2. The van der Waals surface area contributed by atoms with Crippen LogP contribution in [-0.2, 0) is 0 Å². The van der Waals surface area contributed by atoms with Gasteiger partial charge in [0.2, 0.25) is 0 Å². The number of carbonyl (C=O) groups excluding carboxylic acids is 1. The highest BCUT2D eigenvalue weighted by Crippen LogP contribution is 2.30. The number of hydrogen-bond donors (Lipinski definition) is 1. The molecule has 0 aromatic heterocycles. The molecule has 1 aromatic carbocycles. The molecule has 1 N–H and O–H groups in total. The van der Waals surface area contributed by atoms with E-state index in [2.05, 4.69) is 12.2 Å². The predicted molar refractivity (Wildman–Crippen MR) is 63.6 cm³/mol. The molecule has 3 heteroatoms. The van der Waals surface area contributed by atoms with E-state index in [9.17, 15) is 4.79 Å². The third-order valence-corrected chi connectivity index (χ3v) is 3.68. The Hall–Kier alpha value is -1.51. The minimum absolute atomic E-state index is 0.190. The van der Waals surface area contributed by atoms with Crippen LogP contribution in [0.3, 0.4) is 0 Å². The van der Waals surface area contributed by atoms with Gasteiger partial charge in [-0.05, 0) is 31.9 Å². The molecule has 3 nitrogen and oxygen atoms in total. The number of nitrogens with one attached hydrogen (secondary N) is 1. The zero-order chi connectivity index (χ0) is 11.1. The summed E-state index contributed by atoms with van der Waals surface area (Å²) < 4.78 is 0. The average molecular weight is 216 g/mol. The van der Waals surface area contributed by atoms with Crippen LogP contribution in [0.25, 0.3) is 0 Å². The third-order valence-electron chi connectivity index (χ3n) is 3.68. The number of hydrogen-bond acceptors (Lipinski definition) is 2. The van der Waals surface area contributed by atoms with E-state index in [0.717, 1.165) is 30.6 Å². The van der Waals surface area contributed by atoms with Gasteiger partial charge in [-0.3, -0.25) is 4.79 Å². The van der Waals surface area contributed by atoms with Crippen molar-refractivity contribution in [2.24, 2.45) is 0 Å². The van der Waals surface area contributed by atoms with Crippen LogP contribution in [0.5, 0.6) is 0 Å². The Kier molecular flexibility index (Phi) is 2.13. The van der Waals surface area contributed by atoms with Gasteiger partial charge in [0, 0.05) is 18.3 Å². The Balaban J connectivity index is 2.08. The summed E-state index contributed by atoms with van der Waals surface area (Å²) in [6.07, 6.45) is 2.25. The zero-order valence-electron chi connectivity index (χ0n) is 9.44. The normalized spacial score (nSPS) is 28.1. The topological polar surface area (TPSA) is 32.3 Å². The van der Waals surface area contributed by atoms with Crippen LogP contribution >= 0.6 is 0 Å². The number of rotatable bonds is 0. The van der Waals surface area contributed by atoms with Crippen molar-refractivity contribution in [1.29, 1.82) is 0 Å². The number of carbonyl (C=O) groups is 1. The van der Waals surface area contributed by atoms with Crippen LogP contribution < -0.4 is 5.32 Å². The van der Waals surface area contributed by atoms with E-state index < -0.39 is 0 Å². The summed E-state index contributed by atoms with van der Waals surface area (Å²) >= 11 is 0. The minimum Gasteiger partial charge on any atom is -0.380 e. The molecule has 2 aliphatic heterocycles. The second-order valence-corrected chi connectivity index (χ2v) is 4.69. The van der Waals surface area contributed by atoms with Gasteiger partial charge in [0.15, 0.2) is 0 Å². The Labute approximate surface area is 95.4 Å². The predicted octanol–water partition coefficient (Wildman–Crippen LogP) is 2.11. The summed E-state index contributed by atoms with van der Waals surface area (Å²) in [6, 6.07) is 8.51. The molecule has 2 heterocycles. The number of benzene rings is 1. The fraction of sp³-hybridized carbons (Fsp3) is 0.462. The average Bonchev–Trinajstić information content (AvgIpc) is 2.74. The maximum Gasteiger partial charge on any atom is 0.256 e. The van der Waals surface area contributed by atoms with Crippen molar-refractivity contribution >= 4 is 11.6 Å². The van der Waals surface area contributed by atoms with E-state index in [-0.39, 0.29) is 5.91 Å². The molecule has 0 bridgehead atoms. The number of amides is 1. The molecule has 2 aliphatic rings. The van der Waals surface area contributed by atoms with Crippen LogP contribution in [0.15, 0.2) is 24.3 Å². The van der Waals surface area contributed by atoms with Crippen molar-refractivity contribution in [2.75, 3.05) is 11.9 Å². The number of anilines is 1. The Bertz CT molecular complexity index is 430. The van der Waals surface area contributed by atoms with Crippen molar-refractivity contribution in [3.05, 3.63) is 29.8 Å². The molecule has 1 aromatic rings. The van der Waals surface area contributed by atoms with Gasteiger partial charge in [-0.15, -0.1) is 0 Å². The summed E-state index contributed by atoms with van der Waals surface area (Å²) in [7, 11) is 0. The maximum atomic E-state index is 12.3. The van der Waals surface area contributed by atoms with Gasteiger partial charge in [-0.1, -0.05) is 12.1 Å². The van der Waals surface area contributed by atoms with Gasteiger partial charge < -0.3 is 10.2 Å². The van der Waals surface area contributed by atoms with E-state index in [1.54, 1.807) is 0 Å². The molecule has 0 aliphatic carbocycles. The van der Waals surface area contributed by atoms with Crippen molar-refractivity contribution < 1.29 is 4.79 Å². The third kappa shape index (κ3) is 1.31. The van der Waals surface area contributed by atoms with E-state index in [1.165, 1.54) is 0 Å². The van der Waals surface area contributed by atoms with Crippen LogP contribution in [0.1, 0.15) is 30.1 Å². The first-order valence-corrected chi connectivity index (χ1v) is 5.94. The molecule has 0 saturated carbocycles. The largest absolute Gasteiger partial charge is 0.380 e. The monoisotopic (exact) mass is 216 g/mol. The molecular formula is C13H16N2O. The van der Waals surface area contributed by atoms with Gasteiger partial charge >= 0.3 is 0 Å². The molecule has 0 spiro atoms. The molecular weight excluding hydrogens is 200 g/mol. The summed E-state index contributed by atoms with van der Waals surface area (Å²) in [5.74, 6) is 0.190. The van der Waals surface area contributed by atoms with E-state index >= 15 is 0 Å². The maximum absolute atomic E-state index is 12.3. The van der Waals surface area contributed by atoms with Gasteiger partial charge in [-0.25, -0.2) is 0 Å². The summed E-state index contributed by atoms with van der Waals surface area (Å²) in [5, 5.41) is 3.46. The van der Waals surface area contributed by atoms with E-state index in [4.69, 9.17) is 0 Å². The summed E-state index contributed by atoms with van der Waals surface area (Å²) in [5.41, 5.74) is 1.80. The molecule has 2 unspecified atom stereocenters. The lowest BCUT2D eigenvalue weighted by Crippen LogP contribution is -2.41. The molecule has 84 valence electrons. The SMILES string of the molecule is CC1Nc2ccccc2C(=O)N2CCCC12. The Morgan fingerprint density at radius 1 is 1.38 bits per heavy atom. The molecule has 16 heavy (non-hydrogen) atoms. The van der Waals surface area contributed by atoms with Crippen molar-refractivity contribution in [3.63, 3.8) is 0 Å². The Morgan fingerprint density at radius 3 is 3.06 bits per heavy atom. The second-order valence-electron chi connectivity index (χ2n) is 4.69. The lowest BCUT2D eigenvalue weighted by molar-refractivity contribution is 0.0735. The lowest BCUT2D eigenvalue weighted by Gasteiger charge is -2.26. The quantitative estimate of drug-likeness (QED) is 0.720. The zero-order valence-corrected chi connectivity index (χ0v) is 9.44. The van der Waals surface area contributed by atoms with Gasteiger partial charge in [0.1, 0.15) is 0 Å². The number of nitrogens with zero attached hydrogens (tertiary/aromatic N) is 1. The van der Waals surface area contributed by atoms with Crippen LogP contribution in [0.4, 0.5) is 5.69 Å². The molecule has 0 radical (unpaired) electrons. The van der Waals surface area contributed by atoms with Crippen LogP contribution in [0, 0.1) is 0 Å². The number of para-hydroxylation sites is 1. The van der Waals surface area contributed by atoms with E-state index in [1.807, 2.05) is 29.2 Å². The first-order chi connectivity index (χ1) is 7.77. The molecule has 1 amide bonds. The van der Waals surface area contributed by atoms with Crippen molar-refractivity contribution in [2.45, 2.75) is 31.8 Å². The molecule has 2 atom stereocenters. The van der Waals surface area contributed by atoms with Gasteiger partial charge in [0.25, 0.3) is 5.91 Å². The highest BCUT2D eigenvalue weighted by atomic mass is 16.2. The second kappa shape index (κ2) is 3.51. The minimum atomic E-state index is 0.190. The molecule has 1 saturated heterocycles. The molecule has 1 fully saturated rings. The smallest absolute Gasteiger partial charge is 0.256 e.